The molecule has 9 nitrogen and oxygen atoms in total. The minimum atomic E-state index is -4.37. The molecule has 0 aliphatic heterocycles. The molecular formula is C44H78NO8P. The van der Waals surface area contributed by atoms with Gasteiger partial charge in [0.1, 0.15) is 6.61 Å². The van der Waals surface area contributed by atoms with Gasteiger partial charge in [-0.15, -0.1) is 0 Å². The Labute approximate surface area is 329 Å². The van der Waals surface area contributed by atoms with Crippen molar-refractivity contribution in [3.05, 3.63) is 60.8 Å². The first-order valence-electron chi connectivity index (χ1n) is 21.3. The number of carbonyl (C=O) groups is 2. The number of nitrogens with two attached hydrogens (primary N) is 1. The van der Waals surface area contributed by atoms with E-state index in [0.29, 0.717) is 6.42 Å². The minimum Gasteiger partial charge on any atom is -0.462 e. The second-order valence-electron chi connectivity index (χ2n) is 13.8. The van der Waals surface area contributed by atoms with Crippen molar-refractivity contribution in [2.45, 2.75) is 180 Å². The lowest BCUT2D eigenvalue weighted by Gasteiger charge is -2.19. The smallest absolute Gasteiger partial charge is 0.462 e. The second-order valence-corrected chi connectivity index (χ2v) is 15.3. The fourth-order valence-electron chi connectivity index (χ4n) is 5.54. The van der Waals surface area contributed by atoms with Crippen LogP contribution in [0.1, 0.15) is 174 Å². The fourth-order valence-corrected chi connectivity index (χ4v) is 6.31. The first-order chi connectivity index (χ1) is 26.3. The second kappa shape index (κ2) is 40.4. The summed E-state index contributed by atoms with van der Waals surface area (Å²) in [6, 6.07) is 0. The van der Waals surface area contributed by atoms with E-state index in [9.17, 15) is 19.0 Å². The van der Waals surface area contributed by atoms with Crippen molar-refractivity contribution in [3.63, 3.8) is 0 Å². The number of unbranched alkanes of at least 4 members (excludes halogenated alkanes) is 16. The van der Waals surface area contributed by atoms with E-state index in [1.54, 1.807) is 0 Å². The van der Waals surface area contributed by atoms with E-state index >= 15 is 0 Å². The fraction of sp³-hybridized carbons (Fsp3) is 0.727. The SMILES string of the molecule is CC/C=C\C/C=C\C/C=C\C/C=C\C/C=C\CCCCCCCCCCCCCC(=O)OC(COC(=O)CCCCCCCC)COP(=O)(O)OCCN. The molecule has 0 radical (unpaired) electrons. The average molecular weight is 780 g/mol. The van der Waals surface area contributed by atoms with Gasteiger partial charge in [-0.25, -0.2) is 4.57 Å². The topological polar surface area (TPSA) is 134 Å². The number of rotatable bonds is 39. The van der Waals surface area contributed by atoms with E-state index < -0.39 is 32.5 Å². The molecule has 0 fully saturated rings. The summed E-state index contributed by atoms with van der Waals surface area (Å²) >= 11 is 0. The van der Waals surface area contributed by atoms with E-state index in [4.69, 9.17) is 24.3 Å². The van der Waals surface area contributed by atoms with Crippen LogP contribution in [-0.4, -0.2) is 49.3 Å². The van der Waals surface area contributed by atoms with Crippen LogP contribution in [-0.2, 0) is 32.7 Å². The molecule has 0 aromatic carbocycles. The number of phosphoric acid groups is 1. The molecule has 0 aromatic rings. The van der Waals surface area contributed by atoms with Crippen LogP contribution in [0.15, 0.2) is 60.8 Å². The highest BCUT2D eigenvalue weighted by molar-refractivity contribution is 7.47. The van der Waals surface area contributed by atoms with Crippen LogP contribution in [0.2, 0.25) is 0 Å². The van der Waals surface area contributed by atoms with E-state index in [2.05, 4.69) is 74.6 Å². The molecule has 0 aliphatic carbocycles. The van der Waals surface area contributed by atoms with E-state index in [1.807, 2.05) is 0 Å². The molecule has 10 heteroatoms. The number of carbonyl (C=O) groups excluding carboxylic acids is 2. The third-order valence-electron chi connectivity index (χ3n) is 8.67. The molecule has 0 saturated heterocycles. The monoisotopic (exact) mass is 780 g/mol. The predicted octanol–water partition coefficient (Wildman–Crippen LogP) is 12.1. The van der Waals surface area contributed by atoms with Crippen LogP contribution >= 0.6 is 7.82 Å². The van der Waals surface area contributed by atoms with Crippen LogP contribution in [0, 0.1) is 0 Å². The summed E-state index contributed by atoms with van der Waals surface area (Å²) in [5.41, 5.74) is 5.32. The first-order valence-corrected chi connectivity index (χ1v) is 22.8. The Morgan fingerprint density at radius 1 is 0.574 bits per heavy atom. The molecule has 0 saturated carbocycles. The van der Waals surface area contributed by atoms with Crippen molar-refractivity contribution in [2.75, 3.05) is 26.4 Å². The van der Waals surface area contributed by atoms with E-state index in [1.165, 1.54) is 51.4 Å². The van der Waals surface area contributed by atoms with Crippen molar-refractivity contribution >= 4 is 19.8 Å². The van der Waals surface area contributed by atoms with Gasteiger partial charge in [0, 0.05) is 19.4 Å². The Morgan fingerprint density at radius 3 is 1.52 bits per heavy atom. The molecule has 0 aliphatic rings. The standard InChI is InChI=1S/C44H78NO8P/c1-3-5-7-9-11-12-13-14-15-16-17-18-19-20-21-22-23-24-25-26-27-28-29-30-31-33-35-37-44(47)53-42(41-52-54(48,49)51-39-38-45)40-50-43(46)36-34-32-10-8-6-4-2/h5,7,11-12,14-15,17-18,20-21,42H,3-4,6,8-10,13,16,19,22-41,45H2,1-2H3,(H,48,49)/b7-5-,12-11-,15-14-,18-17-,21-20-. The summed E-state index contributed by atoms with van der Waals surface area (Å²) in [7, 11) is -4.37. The molecule has 0 aromatic heterocycles. The van der Waals surface area contributed by atoms with Gasteiger partial charge in [0.2, 0.25) is 0 Å². The highest BCUT2D eigenvalue weighted by atomic mass is 31.2. The Morgan fingerprint density at radius 2 is 1.02 bits per heavy atom. The first kappa shape index (κ1) is 51.7. The number of hydrogen-bond acceptors (Lipinski definition) is 8. The van der Waals surface area contributed by atoms with Crippen molar-refractivity contribution in [1.82, 2.24) is 0 Å². The van der Waals surface area contributed by atoms with E-state index in [-0.39, 0.29) is 32.6 Å². The molecule has 0 bridgehead atoms. The van der Waals surface area contributed by atoms with Gasteiger partial charge in [0.05, 0.1) is 13.2 Å². The molecule has 0 amide bonds. The largest absolute Gasteiger partial charge is 0.472 e. The van der Waals surface area contributed by atoms with Gasteiger partial charge in [-0.1, -0.05) is 164 Å². The number of esters is 2. The lowest BCUT2D eigenvalue weighted by Crippen LogP contribution is -2.29. The van der Waals surface area contributed by atoms with Gasteiger partial charge in [0.15, 0.2) is 6.10 Å². The molecule has 2 atom stereocenters. The molecule has 0 rings (SSSR count). The Hall–Kier alpha value is -2.29. The maximum absolute atomic E-state index is 12.5. The van der Waals surface area contributed by atoms with Crippen LogP contribution in [0.4, 0.5) is 0 Å². The van der Waals surface area contributed by atoms with Gasteiger partial charge in [0.25, 0.3) is 0 Å². The lowest BCUT2D eigenvalue weighted by molar-refractivity contribution is -0.161. The maximum Gasteiger partial charge on any atom is 0.472 e. The number of phosphoric ester groups is 1. The van der Waals surface area contributed by atoms with Crippen molar-refractivity contribution in [3.8, 4) is 0 Å². The molecule has 54 heavy (non-hydrogen) atoms. The maximum atomic E-state index is 12.5. The lowest BCUT2D eigenvalue weighted by atomic mass is 10.0. The van der Waals surface area contributed by atoms with Crippen molar-refractivity contribution < 1.29 is 37.6 Å². The molecule has 0 spiro atoms. The quantitative estimate of drug-likeness (QED) is 0.0270. The normalized spacial score (nSPS) is 13.9. The van der Waals surface area contributed by atoms with Crippen molar-refractivity contribution in [2.24, 2.45) is 5.73 Å². The molecule has 312 valence electrons. The summed E-state index contributed by atoms with van der Waals surface area (Å²) < 4.78 is 32.6. The molecule has 3 N–H and O–H groups in total. The van der Waals surface area contributed by atoms with Gasteiger partial charge >= 0.3 is 19.8 Å². The van der Waals surface area contributed by atoms with Crippen LogP contribution in [0.25, 0.3) is 0 Å². The van der Waals surface area contributed by atoms with Gasteiger partial charge in [-0.2, -0.15) is 0 Å². The molecule has 2 unspecified atom stereocenters. The summed E-state index contributed by atoms with van der Waals surface area (Å²) in [5, 5.41) is 0. The third kappa shape index (κ3) is 39.4. The number of hydrogen-bond donors (Lipinski definition) is 2. The van der Waals surface area contributed by atoms with Crippen LogP contribution in [0.3, 0.4) is 0 Å². The zero-order valence-electron chi connectivity index (χ0n) is 34.2. The average Bonchev–Trinajstić information content (AvgIpc) is 3.16. The third-order valence-corrected chi connectivity index (χ3v) is 9.65. The Bertz CT molecular complexity index is 1070. The molecule has 0 heterocycles. The predicted molar refractivity (Wildman–Crippen MR) is 224 cm³/mol. The Kier molecular flexibility index (Phi) is 38.7. The number of allylic oxidation sites excluding steroid dienone is 10. The van der Waals surface area contributed by atoms with Crippen LogP contribution in [0.5, 0.6) is 0 Å². The van der Waals surface area contributed by atoms with Gasteiger partial charge < -0.3 is 20.1 Å². The Balaban J connectivity index is 3.95. The zero-order chi connectivity index (χ0) is 39.6. The highest BCUT2D eigenvalue weighted by Gasteiger charge is 2.26. The summed E-state index contributed by atoms with van der Waals surface area (Å²) in [4.78, 5) is 34.6. The summed E-state index contributed by atoms with van der Waals surface area (Å²) in [6.45, 7) is 3.53. The summed E-state index contributed by atoms with van der Waals surface area (Å²) in [6.07, 6.45) is 47.2. The minimum absolute atomic E-state index is 0.0514. The van der Waals surface area contributed by atoms with Crippen molar-refractivity contribution in [1.29, 1.82) is 0 Å². The van der Waals surface area contributed by atoms with Gasteiger partial charge in [-0.05, 0) is 57.8 Å². The zero-order valence-corrected chi connectivity index (χ0v) is 35.1. The van der Waals surface area contributed by atoms with Crippen LogP contribution < -0.4 is 5.73 Å². The molecular weight excluding hydrogens is 701 g/mol. The summed E-state index contributed by atoms with van der Waals surface area (Å²) in [5.74, 6) is -0.845. The highest BCUT2D eigenvalue weighted by Crippen LogP contribution is 2.43. The number of ether oxygens (including phenoxy) is 2. The van der Waals surface area contributed by atoms with Gasteiger partial charge in [-0.3, -0.25) is 18.6 Å². The van der Waals surface area contributed by atoms with E-state index in [0.717, 1.165) is 89.9 Å².